The van der Waals surface area contributed by atoms with E-state index in [1.54, 1.807) is 36.4 Å². The van der Waals surface area contributed by atoms with E-state index in [0.717, 1.165) is 27.3 Å². The maximum atomic E-state index is 13.0. The lowest BCUT2D eigenvalue weighted by Crippen LogP contribution is -2.32. The van der Waals surface area contributed by atoms with Crippen LogP contribution in [0.2, 0.25) is 0 Å². The van der Waals surface area contributed by atoms with E-state index >= 15 is 0 Å². The fraction of sp³-hybridized carbons (Fsp3) is 0.115. The molecule has 0 saturated heterocycles. The van der Waals surface area contributed by atoms with Gasteiger partial charge in [0.15, 0.2) is 0 Å². The second-order valence-electron chi connectivity index (χ2n) is 7.95. The summed E-state index contributed by atoms with van der Waals surface area (Å²) in [7, 11) is 0. The number of aryl methyl sites for hydroxylation is 3. The topological polar surface area (TPSA) is 78.5 Å². The zero-order valence-corrected chi connectivity index (χ0v) is 19.2. The monoisotopic (exact) mass is 459 g/mol. The number of amides is 3. The van der Waals surface area contributed by atoms with Gasteiger partial charge in [-0.3, -0.25) is 14.4 Å². The molecular formula is C26H22ClN3O3. The van der Waals surface area contributed by atoms with Gasteiger partial charge in [-0.25, -0.2) is 4.90 Å². The van der Waals surface area contributed by atoms with Crippen molar-refractivity contribution >= 4 is 46.4 Å². The van der Waals surface area contributed by atoms with Crippen LogP contribution in [0.25, 0.3) is 0 Å². The maximum absolute atomic E-state index is 13.0. The highest BCUT2D eigenvalue weighted by atomic mass is 35.5. The Bertz CT molecular complexity index is 1310. The molecule has 3 amide bonds. The fourth-order valence-corrected chi connectivity index (χ4v) is 3.70. The van der Waals surface area contributed by atoms with E-state index in [-0.39, 0.29) is 16.6 Å². The summed E-state index contributed by atoms with van der Waals surface area (Å²) in [5, 5.41) is 5.63. The van der Waals surface area contributed by atoms with Crippen molar-refractivity contribution in [3.05, 3.63) is 99.7 Å². The number of imide groups is 1. The first-order chi connectivity index (χ1) is 15.7. The average Bonchev–Trinajstić information content (AvgIpc) is 3.00. The molecule has 0 unspecified atom stereocenters. The van der Waals surface area contributed by atoms with Crippen LogP contribution in [0.3, 0.4) is 0 Å². The molecule has 6 nitrogen and oxygen atoms in total. The molecule has 0 atom stereocenters. The van der Waals surface area contributed by atoms with Crippen LogP contribution in [0.15, 0.2) is 77.5 Å². The van der Waals surface area contributed by atoms with Crippen molar-refractivity contribution in [2.75, 3.05) is 15.5 Å². The lowest BCUT2D eigenvalue weighted by atomic mass is 10.1. The SMILES string of the molecule is Cc1ccc(N2C(=O)C(Cl)=C(Nc3cccc(C(=O)Nc4cc(C)ccc4C)c3)C2=O)cc1. The van der Waals surface area contributed by atoms with Gasteiger partial charge >= 0.3 is 0 Å². The van der Waals surface area contributed by atoms with E-state index in [1.807, 2.05) is 51.1 Å². The van der Waals surface area contributed by atoms with Gasteiger partial charge in [-0.05, 0) is 68.3 Å². The molecule has 0 bridgehead atoms. The van der Waals surface area contributed by atoms with Gasteiger partial charge in [0.25, 0.3) is 17.7 Å². The van der Waals surface area contributed by atoms with Gasteiger partial charge in [0.2, 0.25) is 0 Å². The number of nitrogens with one attached hydrogen (secondary N) is 2. The molecule has 1 aliphatic heterocycles. The molecule has 4 rings (SSSR count). The third-order valence-corrected chi connectivity index (χ3v) is 5.71. The van der Waals surface area contributed by atoms with Crippen molar-refractivity contribution in [1.82, 2.24) is 0 Å². The van der Waals surface area contributed by atoms with Gasteiger partial charge in [-0.2, -0.15) is 0 Å². The molecule has 0 spiro atoms. The molecule has 2 N–H and O–H groups in total. The first-order valence-corrected chi connectivity index (χ1v) is 10.7. The molecule has 166 valence electrons. The first kappa shape index (κ1) is 22.3. The summed E-state index contributed by atoms with van der Waals surface area (Å²) in [6.45, 7) is 5.79. The number of hydrogen-bond donors (Lipinski definition) is 2. The number of benzene rings is 3. The van der Waals surface area contributed by atoms with Gasteiger partial charge in [0, 0.05) is 16.9 Å². The van der Waals surface area contributed by atoms with Gasteiger partial charge in [0.1, 0.15) is 10.7 Å². The second-order valence-corrected chi connectivity index (χ2v) is 8.33. The number of carbonyl (C=O) groups excluding carboxylic acids is 3. The molecule has 0 radical (unpaired) electrons. The fourth-order valence-electron chi connectivity index (χ4n) is 3.49. The molecule has 7 heteroatoms. The van der Waals surface area contributed by atoms with Gasteiger partial charge < -0.3 is 10.6 Å². The van der Waals surface area contributed by atoms with E-state index in [1.165, 1.54) is 0 Å². The minimum Gasteiger partial charge on any atom is -0.350 e. The Balaban J connectivity index is 1.55. The van der Waals surface area contributed by atoms with Crippen molar-refractivity contribution in [1.29, 1.82) is 0 Å². The minimum atomic E-state index is -0.600. The number of anilines is 3. The number of rotatable bonds is 5. The summed E-state index contributed by atoms with van der Waals surface area (Å²) >= 11 is 6.22. The summed E-state index contributed by atoms with van der Waals surface area (Å²) in [4.78, 5) is 39.5. The quantitative estimate of drug-likeness (QED) is 0.507. The molecule has 1 aliphatic rings. The molecule has 33 heavy (non-hydrogen) atoms. The van der Waals surface area contributed by atoms with Crippen LogP contribution < -0.4 is 15.5 Å². The normalized spacial score (nSPS) is 13.5. The van der Waals surface area contributed by atoms with Gasteiger partial charge in [-0.15, -0.1) is 0 Å². The third kappa shape index (κ3) is 4.52. The number of hydrogen-bond acceptors (Lipinski definition) is 4. The molecule has 0 aromatic heterocycles. The standard InChI is InChI=1S/C26H22ClN3O3/c1-15-8-11-20(12-9-15)30-25(32)22(27)23(26(30)33)28-19-6-4-5-18(14-19)24(31)29-21-13-16(2)7-10-17(21)3/h4-14,28H,1-3H3,(H,29,31). The summed E-state index contributed by atoms with van der Waals surface area (Å²) in [6, 6.07) is 19.5. The lowest BCUT2D eigenvalue weighted by Gasteiger charge is -2.15. The Morgan fingerprint density at radius 2 is 1.55 bits per heavy atom. The van der Waals surface area contributed by atoms with E-state index in [4.69, 9.17) is 11.6 Å². The van der Waals surface area contributed by atoms with Gasteiger partial charge in [0.05, 0.1) is 5.69 Å². The van der Waals surface area contributed by atoms with Gasteiger partial charge in [-0.1, -0.05) is 47.5 Å². The van der Waals surface area contributed by atoms with E-state index in [2.05, 4.69) is 10.6 Å². The summed E-state index contributed by atoms with van der Waals surface area (Å²) in [5.41, 5.74) is 4.98. The van der Waals surface area contributed by atoms with Crippen LogP contribution in [0.1, 0.15) is 27.0 Å². The predicted octanol–water partition coefficient (Wildman–Crippen LogP) is 5.30. The minimum absolute atomic E-state index is 0.0330. The van der Waals surface area contributed by atoms with Crippen LogP contribution >= 0.6 is 11.6 Å². The van der Waals surface area contributed by atoms with Crippen molar-refractivity contribution < 1.29 is 14.4 Å². The highest BCUT2D eigenvalue weighted by Gasteiger charge is 2.38. The van der Waals surface area contributed by atoms with Crippen LogP contribution in [0.4, 0.5) is 17.1 Å². The zero-order chi connectivity index (χ0) is 23.7. The van der Waals surface area contributed by atoms with E-state index in [9.17, 15) is 14.4 Å². The average molecular weight is 460 g/mol. The summed E-state index contributed by atoms with van der Waals surface area (Å²) in [5.74, 6) is -1.45. The Morgan fingerprint density at radius 3 is 2.27 bits per heavy atom. The van der Waals surface area contributed by atoms with E-state index in [0.29, 0.717) is 16.9 Å². The Morgan fingerprint density at radius 1 is 0.848 bits per heavy atom. The second kappa shape index (κ2) is 8.92. The van der Waals surface area contributed by atoms with Crippen molar-refractivity contribution in [2.24, 2.45) is 0 Å². The molecule has 3 aromatic rings. The molecule has 0 saturated carbocycles. The molecule has 0 fully saturated rings. The maximum Gasteiger partial charge on any atom is 0.283 e. The highest BCUT2D eigenvalue weighted by molar-refractivity contribution is 6.53. The first-order valence-electron chi connectivity index (χ1n) is 10.4. The Labute approximate surface area is 196 Å². The number of carbonyl (C=O) groups is 3. The van der Waals surface area contributed by atoms with Crippen LogP contribution in [-0.4, -0.2) is 17.7 Å². The Hall–Kier alpha value is -3.90. The molecule has 3 aromatic carbocycles. The predicted molar refractivity (Wildman–Crippen MR) is 130 cm³/mol. The number of halogens is 1. The van der Waals surface area contributed by atoms with E-state index < -0.39 is 11.8 Å². The molecule has 0 aliphatic carbocycles. The van der Waals surface area contributed by atoms with Crippen LogP contribution in [0.5, 0.6) is 0 Å². The largest absolute Gasteiger partial charge is 0.350 e. The molecular weight excluding hydrogens is 438 g/mol. The van der Waals surface area contributed by atoms with Crippen LogP contribution in [-0.2, 0) is 9.59 Å². The molecule has 1 heterocycles. The summed E-state index contributed by atoms with van der Waals surface area (Å²) in [6.07, 6.45) is 0. The smallest absolute Gasteiger partial charge is 0.283 e. The number of nitrogens with zero attached hydrogens (tertiary/aromatic N) is 1. The van der Waals surface area contributed by atoms with Crippen molar-refractivity contribution in [3.63, 3.8) is 0 Å². The Kier molecular flexibility index (Phi) is 6.03. The van der Waals surface area contributed by atoms with Crippen molar-refractivity contribution in [3.8, 4) is 0 Å². The highest BCUT2D eigenvalue weighted by Crippen LogP contribution is 2.30. The lowest BCUT2D eigenvalue weighted by molar-refractivity contribution is -0.120. The summed E-state index contributed by atoms with van der Waals surface area (Å²) < 4.78 is 0. The van der Waals surface area contributed by atoms with Crippen LogP contribution in [0, 0.1) is 20.8 Å². The third-order valence-electron chi connectivity index (χ3n) is 5.35. The zero-order valence-electron chi connectivity index (χ0n) is 18.4. The van der Waals surface area contributed by atoms with Crippen molar-refractivity contribution in [2.45, 2.75) is 20.8 Å².